The average molecular weight is 426 g/mol. The second kappa shape index (κ2) is 9.14. The van der Waals surface area contributed by atoms with Crippen LogP contribution in [0.15, 0.2) is 48.5 Å². The van der Waals surface area contributed by atoms with Gasteiger partial charge in [0.05, 0.1) is 11.5 Å². The average Bonchev–Trinajstić information content (AvgIpc) is 3.10. The Morgan fingerprint density at radius 3 is 2.53 bits per heavy atom. The summed E-state index contributed by atoms with van der Waals surface area (Å²) < 4.78 is 4.87. The van der Waals surface area contributed by atoms with Gasteiger partial charge in [0.25, 0.3) is 11.6 Å². The van der Waals surface area contributed by atoms with E-state index in [2.05, 4.69) is 15.6 Å². The first-order chi connectivity index (χ1) is 14.4. The second-order valence-corrected chi connectivity index (χ2v) is 7.07. The Morgan fingerprint density at radius 2 is 1.87 bits per heavy atom. The molecule has 2 N–H and O–H groups in total. The fourth-order valence-electron chi connectivity index (χ4n) is 2.74. The third-order valence-electron chi connectivity index (χ3n) is 4.13. The summed E-state index contributed by atoms with van der Waals surface area (Å²) in [6.07, 6.45) is -0.654. The van der Waals surface area contributed by atoms with Crippen molar-refractivity contribution in [1.82, 2.24) is 4.98 Å². The maximum Gasteiger partial charge on any atom is 0.413 e. The van der Waals surface area contributed by atoms with Crippen LogP contribution in [0, 0.1) is 17.0 Å². The van der Waals surface area contributed by atoms with Crippen LogP contribution in [0.1, 0.15) is 22.8 Å². The van der Waals surface area contributed by atoms with Crippen LogP contribution in [-0.4, -0.2) is 28.5 Å². The van der Waals surface area contributed by atoms with Crippen molar-refractivity contribution in [2.75, 3.05) is 17.2 Å². The number of hydrogen-bond donors (Lipinski definition) is 2. The van der Waals surface area contributed by atoms with Crippen LogP contribution in [0.5, 0.6) is 0 Å². The summed E-state index contributed by atoms with van der Waals surface area (Å²) in [5, 5.41) is 17.1. The van der Waals surface area contributed by atoms with E-state index in [0.717, 1.165) is 16.9 Å². The lowest BCUT2D eigenvalue weighted by Gasteiger charge is -2.08. The number of amides is 2. The van der Waals surface area contributed by atoms with Crippen molar-refractivity contribution in [1.29, 1.82) is 0 Å². The highest BCUT2D eigenvalue weighted by molar-refractivity contribution is 7.20. The van der Waals surface area contributed by atoms with Crippen molar-refractivity contribution in [2.24, 2.45) is 0 Å². The quantitative estimate of drug-likeness (QED) is 0.429. The number of thiazole rings is 1. The van der Waals surface area contributed by atoms with Gasteiger partial charge < -0.3 is 10.1 Å². The van der Waals surface area contributed by atoms with Gasteiger partial charge in [-0.05, 0) is 19.9 Å². The van der Waals surface area contributed by atoms with Crippen LogP contribution >= 0.6 is 11.3 Å². The van der Waals surface area contributed by atoms with Gasteiger partial charge in [0.2, 0.25) is 0 Å². The fourth-order valence-corrected chi connectivity index (χ4v) is 3.61. The van der Waals surface area contributed by atoms with E-state index in [1.165, 1.54) is 25.1 Å². The van der Waals surface area contributed by atoms with Gasteiger partial charge in [-0.25, -0.2) is 9.78 Å². The minimum Gasteiger partial charge on any atom is -0.450 e. The number of hydrogen-bond acceptors (Lipinski definition) is 7. The number of carbonyl (C=O) groups excluding carboxylic acids is 2. The Labute approximate surface area is 175 Å². The molecule has 1 heterocycles. The van der Waals surface area contributed by atoms with Gasteiger partial charge in [-0.1, -0.05) is 47.7 Å². The van der Waals surface area contributed by atoms with Crippen LogP contribution in [0.2, 0.25) is 0 Å². The molecule has 30 heavy (non-hydrogen) atoms. The van der Waals surface area contributed by atoms with Gasteiger partial charge in [0.1, 0.15) is 10.7 Å². The van der Waals surface area contributed by atoms with Gasteiger partial charge in [-0.15, -0.1) is 0 Å². The molecule has 0 aliphatic rings. The molecule has 0 bridgehead atoms. The van der Waals surface area contributed by atoms with E-state index in [-0.39, 0.29) is 28.6 Å². The lowest BCUT2D eigenvalue weighted by molar-refractivity contribution is -0.385. The number of nitrogens with one attached hydrogen (secondary N) is 2. The summed E-state index contributed by atoms with van der Waals surface area (Å²) in [5.74, 6) is -0.514. The number of ether oxygens (including phenoxy) is 1. The van der Waals surface area contributed by atoms with Gasteiger partial charge in [-0.2, -0.15) is 0 Å². The number of benzene rings is 2. The topological polar surface area (TPSA) is 123 Å². The normalized spacial score (nSPS) is 10.3. The second-order valence-electron chi connectivity index (χ2n) is 6.07. The smallest absolute Gasteiger partial charge is 0.413 e. The molecule has 2 amide bonds. The molecule has 1 aromatic heterocycles. The van der Waals surface area contributed by atoms with Gasteiger partial charge >= 0.3 is 6.09 Å². The molecule has 0 atom stereocenters. The van der Waals surface area contributed by atoms with Crippen molar-refractivity contribution in [3.8, 4) is 11.3 Å². The minimum absolute atomic E-state index is 0.139. The number of nitro groups is 1. The van der Waals surface area contributed by atoms with Crippen LogP contribution in [0.3, 0.4) is 0 Å². The van der Waals surface area contributed by atoms with Gasteiger partial charge in [0, 0.05) is 22.8 Å². The van der Waals surface area contributed by atoms with Crippen LogP contribution in [0.4, 0.5) is 20.6 Å². The lowest BCUT2D eigenvalue weighted by Crippen LogP contribution is -2.14. The molecule has 154 valence electrons. The summed E-state index contributed by atoms with van der Waals surface area (Å²) >= 11 is 1.06. The SMILES string of the molecule is CCOC(=O)Nc1nc(-c2ccccc2)c(NC(=O)c2cccc([N+](=O)[O-])c2C)s1. The van der Waals surface area contributed by atoms with E-state index >= 15 is 0 Å². The number of carbonyl (C=O) groups is 2. The Morgan fingerprint density at radius 1 is 1.13 bits per heavy atom. The van der Waals surface area contributed by atoms with E-state index in [1.807, 2.05) is 30.3 Å². The fraction of sp³-hybridized carbons (Fsp3) is 0.150. The minimum atomic E-state index is -0.654. The first-order valence-electron chi connectivity index (χ1n) is 8.96. The molecule has 9 nitrogen and oxygen atoms in total. The molecule has 0 aliphatic heterocycles. The van der Waals surface area contributed by atoms with E-state index in [0.29, 0.717) is 10.7 Å². The Balaban J connectivity index is 1.95. The van der Waals surface area contributed by atoms with Crippen LogP contribution in [0.25, 0.3) is 11.3 Å². The standard InChI is InChI=1S/C20H18N4O5S/c1-3-29-20(26)23-19-21-16(13-8-5-4-6-9-13)18(30-19)22-17(25)14-10-7-11-15(12(14)2)24(27)28/h4-11H,3H2,1-2H3,(H,22,25)(H,21,23,26). The molecule has 0 saturated carbocycles. The summed E-state index contributed by atoms with van der Waals surface area (Å²) in [5.41, 5.74) is 1.49. The summed E-state index contributed by atoms with van der Waals surface area (Å²) in [4.78, 5) is 39.6. The first-order valence-corrected chi connectivity index (χ1v) is 9.77. The third kappa shape index (κ3) is 4.61. The molecule has 10 heteroatoms. The molecule has 0 aliphatic carbocycles. The molecule has 3 rings (SSSR count). The number of aromatic nitrogens is 1. The predicted molar refractivity (Wildman–Crippen MR) is 114 cm³/mol. The molecular formula is C20H18N4O5S. The van der Waals surface area contributed by atoms with Gasteiger partial charge in [0.15, 0.2) is 5.13 Å². The third-order valence-corrected chi connectivity index (χ3v) is 5.02. The zero-order valence-electron chi connectivity index (χ0n) is 16.2. The zero-order valence-corrected chi connectivity index (χ0v) is 17.0. The molecule has 0 spiro atoms. The van der Waals surface area contributed by atoms with Crippen molar-refractivity contribution >= 4 is 39.2 Å². The highest BCUT2D eigenvalue weighted by Gasteiger charge is 2.21. The van der Waals surface area contributed by atoms with E-state index in [1.54, 1.807) is 6.92 Å². The monoisotopic (exact) mass is 426 g/mol. The number of nitro benzene ring substituents is 1. The molecule has 3 aromatic rings. The summed E-state index contributed by atoms with van der Waals surface area (Å²) in [6.45, 7) is 3.41. The number of anilines is 2. The summed E-state index contributed by atoms with van der Waals surface area (Å²) in [7, 11) is 0. The Hall–Kier alpha value is -3.79. The number of nitrogens with zero attached hydrogens (tertiary/aromatic N) is 2. The largest absolute Gasteiger partial charge is 0.450 e. The van der Waals surface area contributed by atoms with E-state index in [4.69, 9.17) is 4.74 Å². The zero-order chi connectivity index (χ0) is 21.7. The van der Waals surface area contributed by atoms with Crippen molar-refractivity contribution in [3.63, 3.8) is 0 Å². The molecule has 0 unspecified atom stereocenters. The van der Waals surface area contributed by atoms with Crippen molar-refractivity contribution in [3.05, 3.63) is 69.8 Å². The van der Waals surface area contributed by atoms with Crippen molar-refractivity contribution in [2.45, 2.75) is 13.8 Å². The van der Waals surface area contributed by atoms with E-state index in [9.17, 15) is 19.7 Å². The Kier molecular flexibility index (Phi) is 6.38. The first kappa shape index (κ1) is 20.9. The highest BCUT2D eigenvalue weighted by atomic mass is 32.1. The summed E-state index contributed by atoms with van der Waals surface area (Å²) in [6, 6.07) is 13.4. The van der Waals surface area contributed by atoms with Crippen molar-refractivity contribution < 1.29 is 19.2 Å². The molecule has 0 fully saturated rings. The highest BCUT2D eigenvalue weighted by Crippen LogP contribution is 2.36. The molecule has 0 saturated heterocycles. The lowest BCUT2D eigenvalue weighted by atomic mass is 10.1. The predicted octanol–water partition coefficient (Wildman–Crippen LogP) is 4.85. The Bertz CT molecular complexity index is 1100. The van der Waals surface area contributed by atoms with Crippen LogP contribution < -0.4 is 10.6 Å². The van der Waals surface area contributed by atoms with Gasteiger partial charge in [-0.3, -0.25) is 20.2 Å². The molecular weight excluding hydrogens is 408 g/mol. The maximum absolute atomic E-state index is 12.9. The molecule has 0 radical (unpaired) electrons. The molecule has 2 aromatic carbocycles. The van der Waals surface area contributed by atoms with Crippen LogP contribution in [-0.2, 0) is 4.74 Å². The maximum atomic E-state index is 12.9. The van der Waals surface area contributed by atoms with E-state index < -0.39 is 16.9 Å². The number of rotatable bonds is 6.